The smallest absolute Gasteiger partial charge is 0.200 e. The van der Waals surface area contributed by atoms with E-state index in [1.54, 1.807) is 11.3 Å². The molecule has 0 bridgehead atoms. The zero-order chi connectivity index (χ0) is 12.7. The lowest BCUT2D eigenvalue weighted by Gasteiger charge is -2.16. The average molecular weight is 274 g/mol. The van der Waals surface area contributed by atoms with Gasteiger partial charge in [0, 0.05) is 12.3 Å². The zero-order valence-corrected chi connectivity index (χ0v) is 12.5. The van der Waals surface area contributed by atoms with Crippen molar-refractivity contribution in [3.8, 4) is 0 Å². The minimum atomic E-state index is -2.89. The Kier molecular flexibility index (Phi) is 6.47. The number of hydrogen-bond donors (Lipinski definition) is 1. The van der Waals surface area contributed by atoms with E-state index >= 15 is 0 Å². The third-order valence-electron chi connectivity index (χ3n) is 2.93. The second-order valence-electron chi connectivity index (χ2n) is 4.88. The van der Waals surface area contributed by atoms with Gasteiger partial charge >= 0.3 is 0 Å². The molecular formula is C13H23O2PS. The molecule has 1 rings (SSSR count). The Labute approximate surface area is 109 Å². The van der Waals surface area contributed by atoms with Gasteiger partial charge in [0.05, 0.1) is 0 Å². The van der Waals surface area contributed by atoms with Gasteiger partial charge < -0.3 is 4.89 Å². The molecule has 0 aromatic carbocycles. The van der Waals surface area contributed by atoms with Crippen LogP contribution in [0.2, 0.25) is 0 Å². The Balaban J connectivity index is 2.26. The maximum Gasteiger partial charge on any atom is 0.200 e. The van der Waals surface area contributed by atoms with Crippen LogP contribution in [0, 0.1) is 5.92 Å². The quantitative estimate of drug-likeness (QED) is 0.714. The second-order valence-corrected chi connectivity index (χ2v) is 8.17. The highest BCUT2D eigenvalue weighted by molar-refractivity contribution is 7.57. The summed E-state index contributed by atoms with van der Waals surface area (Å²) in [6, 6.07) is 2.09. The Morgan fingerprint density at radius 2 is 2.29 bits per heavy atom. The molecule has 2 atom stereocenters. The molecule has 1 N–H and O–H groups in total. The fourth-order valence-electron chi connectivity index (χ4n) is 2.13. The average Bonchev–Trinajstić information content (AvgIpc) is 2.69. The van der Waals surface area contributed by atoms with Gasteiger partial charge in [0.25, 0.3) is 0 Å². The topological polar surface area (TPSA) is 37.3 Å². The van der Waals surface area contributed by atoms with E-state index < -0.39 is 7.37 Å². The lowest BCUT2D eigenvalue weighted by atomic mass is 10.1. The van der Waals surface area contributed by atoms with Gasteiger partial charge in [0.1, 0.15) is 0 Å². The molecule has 2 nitrogen and oxygen atoms in total. The van der Waals surface area contributed by atoms with Crippen LogP contribution in [0.4, 0.5) is 0 Å². The summed E-state index contributed by atoms with van der Waals surface area (Å²) in [6.07, 6.45) is 4.85. The minimum absolute atomic E-state index is 0.372. The standard InChI is InChI=1S/C13H23O2PS/c1-3-5-12(2)10-16(14,15)8-4-6-13-7-9-17-11-13/h7,9,11-12H,3-6,8,10H2,1-2H3,(H,14,15). The van der Waals surface area contributed by atoms with Gasteiger partial charge in [-0.05, 0) is 41.1 Å². The van der Waals surface area contributed by atoms with E-state index in [1.807, 2.05) is 0 Å². The van der Waals surface area contributed by atoms with Crippen LogP contribution in [0.15, 0.2) is 16.8 Å². The van der Waals surface area contributed by atoms with E-state index in [0.717, 1.165) is 25.7 Å². The van der Waals surface area contributed by atoms with Crippen molar-refractivity contribution >= 4 is 18.7 Å². The van der Waals surface area contributed by atoms with Gasteiger partial charge in [-0.2, -0.15) is 11.3 Å². The zero-order valence-electron chi connectivity index (χ0n) is 10.8. The molecule has 0 aliphatic rings. The van der Waals surface area contributed by atoms with Crippen LogP contribution in [-0.4, -0.2) is 17.2 Å². The first-order chi connectivity index (χ1) is 8.03. The molecule has 1 aromatic heterocycles. The van der Waals surface area contributed by atoms with E-state index in [1.165, 1.54) is 5.56 Å². The lowest BCUT2D eigenvalue weighted by Crippen LogP contribution is -2.05. The fourth-order valence-corrected chi connectivity index (χ4v) is 4.82. The molecule has 0 aliphatic carbocycles. The van der Waals surface area contributed by atoms with Crippen LogP contribution in [0.3, 0.4) is 0 Å². The first-order valence-corrected chi connectivity index (χ1v) is 9.32. The van der Waals surface area contributed by atoms with E-state index in [9.17, 15) is 9.46 Å². The summed E-state index contributed by atoms with van der Waals surface area (Å²) in [7, 11) is -2.89. The van der Waals surface area contributed by atoms with Crippen molar-refractivity contribution in [3.63, 3.8) is 0 Å². The van der Waals surface area contributed by atoms with Crippen LogP contribution in [-0.2, 0) is 11.0 Å². The van der Waals surface area contributed by atoms with Gasteiger partial charge in [0.2, 0.25) is 7.37 Å². The van der Waals surface area contributed by atoms with Gasteiger partial charge in [-0.15, -0.1) is 0 Å². The van der Waals surface area contributed by atoms with Gasteiger partial charge in [-0.3, -0.25) is 4.57 Å². The summed E-state index contributed by atoms with van der Waals surface area (Å²) in [5, 5.41) is 4.17. The van der Waals surface area contributed by atoms with E-state index in [4.69, 9.17) is 0 Å². The van der Waals surface area contributed by atoms with Crippen molar-refractivity contribution in [3.05, 3.63) is 22.4 Å². The molecule has 1 aromatic rings. The highest BCUT2D eigenvalue weighted by atomic mass is 32.1. The van der Waals surface area contributed by atoms with Crippen molar-refractivity contribution in [2.24, 2.45) is 5.92 Å². The van der Waals surface area contributed by atoms with Crippen molar-refractivity contribution in [1.82, 2.24) is 0 Å². The summed E-state index contributed by atoms with van der Waals surface area (Å²) < 4.78 is 12.0. The third-order valence-corrected chi connectivity index (χ3v) is 5.87. The predicted octanol–water partition coefficient (Wildman–Crippen LogP) is 4.39. The number of thiophene rings is 1. The second kappa shape index (κ2) is 7.35. The Bertz CT molecular complexity index is 348. The third kappa shape index (κ3) is 6.40. The predicted molar refractivity (Wildman–Crippen MR) is 76.3 cm³/mol. The molecule has 0 saturated heterocycles. The van der Waals surface area contributed by atoms with Gasteiger partial charge in [-0.1, -0.05) is 26.7 Å². The number of rotatable bonds is 8. The molecule has 17 heavy (non-hydrogen) atoms. The first-order valence-electron chi connectivity index (χ1n) is 6.35. The lowest BCUT2D eigenvalue weighted by molar-refractivity contribution is 0.456. The molecule has 0 spiro atoms. The Morgan fingerprint density at radius 3 is 2.88 bits per heavy atom. The van der Waals surface area contributed by atoms with Crippen LogP contribution >= 0.6 is 18.7 Å². The van der Waals surface area contributed by atoms with Crippen LogP contribution < -0.4 is 0 Å². The van der Waals surface area contributed by atoms with Crippen molar-refractivity contribution in [2.75, 3.05) is 12.3 Å². The monoisotopic (exact) mass is 274 g/mol. The number of hydrogen-bond acceptors (Lipinski definition) is 2. The molecule has 0 aliphatic heterocycles. The van der Waals surface area contributed by atoms with Gasteiger partial charge in [-0.25, -0.2) is 0 Å². The summed E-state index contributed by atoms with van der Waals surface area (Å²) >= 11 is 1.68. The molecular weight excluding hydrogens is 251 g/mol. The normalized spacial score (nSPS) is 16.6. The maximum atomic E-state index is 12.0. The van der Waals surface area contributed by atoms with E-state index in [2.05, 4.69) is 30.7 Å². The molecule has 98 valence electrons. The number of aryl methyl sites for hydroxylation is 1. The summed E-state index contributed by atoms with van der Waals surface area (Å²) in [6.45, 7) is 4.20. The molecule has 1 heterocycles. The Morgan fingerprint density at radius 1 is 1.53 bits per heavy atom. The van der Waals surface area contributed by atoms with Crippen molar-refractivity contribution in [1.29, 1.82) is 0 Å². The van der Waals surface area contributed by atoms with Crippen LogP contribution in [0.25, 0.3) is 0 Å². The van der Waals surface area contributed by atoms with Crippen molar-refractivity contribution < 1.29 is 9.46 Å². The van der Waals surface area contributed by atoms with E-state index in [-0.39, 0.29) is 0 Å². The molecule has 0 fully saturated rings. The summed E-state index contributed by atoms with van der Waals surface area (Å²) in [5.74, 6) is 0.372. The molecule has 0 radical (unpaired) electrons. The molecule has 0 amide bonds. The van der Waals surface area contributed by atoms with Crippen LogP contribution in [0.1, 0.15) is 38.7 Å². The maximum absolute atomic E-state index is 12.0. The highest BCUT2D eigenvalue weighted by Gasteiger charge is 2.20. The SMILES string of the molecule is CCCC(C)CP(=O)(O)CCCc1ccsc1. The highest BCUT2D eigenvalue weighted by Crippen LogP contribution is 2.44. The first kappa shape index (κ1) is 14.9. The summed E-state index contributed by atoms with van der Waals surface area (Å²) in [5.41, 5.74) is 1.29. The van der Waals surface area contributed by atoms with Crippen molar-refractivity contribution in [2.45, 2.75) is 39.5 Å². The van der Waals surface area contributed by atoms with Gasteiger partial charge in [0.15, 0.2) is 0 Å². The minimum Gasteiger partial charge on any atom is -0.344 e. The summed E-state index contributed by atoms with van der Waals surface area (Å²) in [4.78, 5) is 9.90. The van der Waals surface area contributed by atoms with Crippen LogP contribution in [0.5, 0.6) is 0 Å². The fraction of sp³-hybridized carbons (Fsp3) is 0.692. The van der Waals surface area contributed by atoms with E-state index in [0.29, 0.717) is 18.2 Å². The largest absolute Gasteiger partial charge is 0.344 e. The molecule has 0 saturated carbocycles. The Hall–Kier alpha value is -0.110. The molecule has 2 unspecified atom stereocenters. The molecule has 4 heteroatoms.